The monoisotopic (exact) mass is 271 g/mol. The number of hydrogen-bond acceptors (Lipinski definition) is 5. The van der Waals surface area contributed by atoms with E-state index < -0.39 is 0 Å². The van der Waals surface area contributed by atoms with Gasteiger partial charge in [-0.15, -0.1) is 0 Å². The van der Waals surface area contributed by atoms with E-state index in [-0.39, 0.29) is 0 Å². The Hall–Kier alpha value is -2.04. The van der Waals surface area contributed by atoms with Gasteiger partial charge in [-0.2, -0.15) is 0 Å². The highest BCUT2D eigenvalue weighted by Gasteiger charge is 2.27. The van der Waals surface area contributed by atoms with E-state index in [1.807, 2.05) is 12.4 Å². The molecule has 0 radical (unpaired) electrons. The minimum atomic E-state index is 0.774. The first-order valence-electron chi connectivity index (χ1n) is 7.06. The van der Waals surface area contributed by atoms with Gasteiger partial charge in [0.1, 0.15) is 6.67 Å². The van der Waals surface area contributed by atoms with Gasteiger partial charge < -0.3 is 14.7 Å². The molecular weight excluding hydrogens is 250 g/mol. The van der Waals surface area contributed by atoms with Gasteiger partial charge in [0.2, 0.25) is 0 Å². The molecule has 0 aliphatic carbocycles. The second-order valence-electron chi connectivity index (χ2n) is 5.45. The van der Waals surface area contributed by atoms with Crippen LogP contribution in [-0.4, -0.2) is 59.5 Å². The van der Waals surface area contributed by atoms with E-state index in [2.05, 4.69) is 57.1 Å². The molecule has 0 N–H and O–H groups in total. The molecule has 0 bridgehead atoms. The summed E-state index contributed by atoms with van der Waals surface area (Å²) < 4.78 is 0. The Balaban J connectivity index is 1.57. The molecule has 2 aliphatic heterocycles. The number of aromatic nitrogens is 1. The number of fused-ring (bicyclic) bond motifs is 1. The van der Waals surface area contributed by atoms with Gasteiger partial charge in [0.15, 0.2) is 5.84 Å². The van der Waals surface area contributed by atoms with Crippen molar-refractivity contribution < 1.29 is 0 Å². The zero-order valence-electron chi connectivity index (χ0n) is 12.2. The van der Waals surface area contributed by atoms with Gasteiger partial charge in [-0.1, -0.05) is 0 Å². The predicted molar refractivity (Wildman–Crippen MR) is 80.0 cm³/mol. The standard InChI is InChI=1S/C15H21N5/c1-18-11-17-15-14(18)10-20(12-19(15)2)9-3-4-13-5-7-16-8-6-13/h5-8,10H,3-4,9,11-12H2,1-2H3. The number of nitrogens with zero attached hydrogens (tertiary/aromatic N) is 5. The van der Waals surface area contributed by atoms with E-state index in [1.54, 1.807) is 0 Å². The molecule has 5 heteroatoms. The smallest absolute Gasteiger partial charge is 0.152 e. The van der Waals surface area contributed by atoms with Gasteiger partial charge in [-0.05, 0) is 30.5 Å². The third kappa shape index (κ3) is 2.61. The summed E-state index contributed by atoms with van der Waals surface area (Å²) in [5, 5.41) is 0. The highest BCUT2D eigenvalue weighted by atomic mass is 15.4. The summed E-state index contributed by atoms with van der Waals surface area (Å²) in [5.41, 5.74) is 2.60. The molecule has 0 saturated carbocycles. The molecule has 106 valence electrons. The van der Waals surface area contributed by atoms with Crippen molar-refractivity contribution in [1.82, 2.24) is 19.7 Å². The average Bonchev–Trinajstić information content (AvgIpc) is 2.82. The Morgan fingerprint density at radius 1 is 1.15 bits per heavy atom. The fraction of sp³-hybridized carbons (Fsp3) is 0.467. The molecule has 0 atom stereocenters. The van der Waals surface area contributed by atoms with E-state index >= 15 is 0 Å². The third-order valence-corrected chi connectivity index (χ3v) is 3.79. The summed E-state index contributed by atoms with van der Waals surface area (Å²) in [6.07, 6.45) is 8.23. The van der Waals surface area contributed by atoms with Crippen LogP contribution in [0.2, 0.25) is 0 Å². The van der Waals surface area contributed by atoms with Crippen LogP contribution >= 0.6 is 0 Å². The number of hydrogen-bond donors (Lipinski definition) is 0. The molecule has 0 aromatic carbocycles. The predicted octanol–water partition coefficient (Wildman–Crippen LogP) is 1.36. The fourth-order valence-electron chi connectivity index (χ4n) is 2.70. The van der Waals surface area contributed by atoms with Crippen LogP contribution in [0.5, 0.6) is 0 Å². The molecule has 1 aromatic rings. The van der Waals surface area contributed by atoms with Gasteiger partial charge in [0.25, 0.3) is 0 Å². The lowest BCUT2D eigenvalue weighted by Crippen LogP contribution is -2.43. The van der Waals surface area contributed by atoms with Crippen molar-refractivity contribution in [2.24, 2.45) is 4.99 Å². The zero-order valence-corrected chi connectivity index (χ0v) is 12.2. The molecular formula is C15H21N5. The quantitative estimate of drug-likeness (QED) is 0.828. The highest BCUT2D eigenvalue weighted by Crippen LogP contribution is 2.20. The molecule has 0 fully saturated rings. The second kappa shape index (κ2) is 5.53. The Bertz CT molecular complexity index is 522. The topological polar surface area (TPSA) is 35.0 Å². The van der Waals surface area contributed by atoms with Crippen molar-refractivity contribution in [1.29, 1.82) is 0 Å². The van der Waals surface area contributed by atoms with Crippen LogP contribution in [-0.2, 0) is 6.42 Å². The fourth-order valence-corrected chi connectivity index (χ4v) is 2.70. The van der Waals surface area contributed by atoms with Crippen molar-refractivity contribution in [3.63, 3.8) is 0 Å². The second-order valence-corrected chi connectivity index (χ2v) is 5.45. The van der Waals surface area contributed by atoms with Crippen LogP contribution in [0, 0.1) is 0 Å². The van der Waals surface area contributed by atoms with Crippen LogP contribution in [0.15, 0.2) is 41.4 Å². The Morgan fingerprint density at radius 3 is 2.75 bits per heavy atom. The first kappa shape index (κ1) is 13.0. The van der Waals surface area contributed by atoms with Crippen molar-refractivity contribution >= 4 is 5.84 Å². The molecule has 0 unspecified atom stereocenters. The summed E-state index contributed by atoms with van der Waals surface area (Å²) in [4.78, 5) is 15.4. The first-order chi connectivity index (χ1) is 9.74. The highest BCUT2D eigenvalue weighted by molar-refractivity contribution is 5.99. The number of aliphatic imine (C=N–C) groups is 1. The lowest BCUT2D eigenvalue weighted by molar-refractivity contribution is 0.252. The number of aryl methyl sites for hydroxylation is 1. The van der Waals surface area contributed by atoms with Crippen LogP contribution in [0.25, 0.3) is 0 Å². The van der Waals surface area contributed by atoms with E-state index in [4.69, 9.17) is 0 Å². The molecule has 20 heavy (non-hydrogen) atoms. The minimum Gasteiger partial charge on any atom is -0.358 e. The van der Waals surface area contributed by atoms with Gasteiger partial charge >= 0.3 is 0 Å². The van der Waals surface area contributed by atoms with Crippen LogP contribution in [0.4, 0.5) is 0 Å². The van der Waals surface area contributed by atoms with Crippen molar-refractivity contribution in [3.8, 4) is 0 Å². The van der Waals surface area contributed by atoms with E-state index in [0.717, 1.165) is 38.6 Å². The van der Waals surface area contributed by atoms with Crippen molar-refractivity contribution in [2.75, 3.05) is 34.0 Å². The number of rotatable bonds is 4. The van der Waals surface area contributed by atoms with Gasteiger partial charge in [-0.25, -0.2) is 4.99 Å². The van der Waals surface area contributed by atoms with Crippen molar-refractivity contribution in [2.45, 2.75) is 12.8 Å². The maximum absolute atomic E-state index is 4.55. The molecule has 0 saturated heterocycles. The summed E-state index contributed by atoms with van der Waals surface area (Å²) in [6, 6.07) is 4.19. The summed E-state index contributed by atoms with van der Waals surface area (Å²) in [5.74, 6) is 1.12. The van der Waals surface area contributed by atoms with E-state index in [9.17, 15) is 0 Å². The van der Waals surface area contributed by atoms with Gasteiger partial charge in [0.05, 0.1) is 12.4 Å². The Kier molecular flexibility index (Phi) is 3.58. The van der Waals surface area contributed by atoms with Crippen LogP contribution in [0.3, 0.4) is 0 Å². The lowest BCUT2D eigenvalue weighted by atomic mass is 10.1. The summed E-state index contributed by atoms with van der Waals surface area (Å²) in [7, 11) is 4.21. The molecule has 0 spiro atoms. The molecule has 5 nitrogen and oxygen atoms in total. The third-order valence-electron chi connectivity index (χ3n) is 3.79. The van der Waals surface area contributed by atoms with Crippen LogP contribution < -0.4 is 0 Å². The molecule has 3 heterocycles. The maximum Gasteiger partial charge on any atom is 0.152 e. The van der Waals surface area contributed by atoms with E-state index in [1.165, 1.54) is 11.3 Å². The number of pyridine rings is 1. The first-order valence-corrected chi connectivity index (χ1v) is 7.06. The summed E-state index contributed by atoms with van der Waals surface area (Å²) >= 11 is 0. The maximum atomic E-state index is 4.55. The largest absolute Gasteiger partial charge is 0.358 e. The minimum absolute atomic E-state index is 0.774. The molecule has 3 rings (SSSR count). The lowest BCUT2D eigenvalue weighted by Gasteiger charge is -2.34. The molecule has 1 aromatic heterocycles. The zero-order chi connectivity index (χ0) is 13.9. The van der Waals surface area contributed by atoms with Crippen LogP contribution in [0.1, 0.15) is 12.0 Å². The molecule has 0 amide bonds. The number of likely N-dealkylation sites (N-methyl/N-ethyl adjacent to an activating group) is 2. The number of amidine groups is 1. The van der Waals surface area contributed by atoms with Gasteiger partial charge in [0, 0.05) is 39.2 Å². The summed E-state index contributed by atoms with van der Waals surface area (Å²) in [6.45, 7) is 2.76. The molecule has 2 aliphatic rings. The Labute approximate surface area is 120 Å². The van der Waals surface area contributed by atoms with Crippen molar-refractivity contribution in [3.05, 3.63) is 42.0 Å². The van der Waals surface area contributed by atoms with E-state index in [0.29, 0.717) is 0 Å². The van der Waals surface area contributed by atoms with Gasteiger partial charge in [-0.3, -0.25) is 4.98 Å². The SMILES string of the molecule is CN1CN=C2C1=CN(CCCc1ccncc1)CN2C. The normalized spacial score (nSPS) is 18.0. The Morgan fingerprint density at radius 2 is 1.95 bits per heavy atom. The average molecular weight is 271 g/mol.